The molecule has 0 unspecified atom stereocenters. The maximum atomic E-state index is 5.40. The molecule has 0 amide bonds. The topological polar surface area (TPSA) is 12.5 Å². The summed E-state index contributed by atoms with van der Waals surface area (Å²) in [4.78, 5) is 2.36. The van der Waals surface area contributed by atoms with E-state index in [0.717, 1.165) is 12.3 Å². The lowest BCUT2D eigenvalue weighted by Gasteiger charge is -2.24. The summed E-state index contributed by atoms with van der Waals surface area (Å²) < 4.78 is 5.40. The van der Waals surface area contributed by atoms with E-state index < -0.39 is 0 Å². The first-order chi connectivity index (χ1) is 7.88. The number of hydrogen-bond donors (Lipinski definition) is 0. The van der Waals surface area contributed by atoms with Gasteiger partial charge in [-0.25, -0.2) is 0 Å². The van der Waals surface area contributed by atoms with Gasteiger partial charge in [0.25, 0.3) is 0 Å². The SMILES string of the molecule is COc1cc(C)c(CN(C)C(C)C)c(C)c1C. The van der Waals surface area contributed by atoms with Crippen molar-refractivity contribution >= 4 is 0 Å². The van der Waals surface area contributed by atoms with E-state index in [1.807, 2.05) is 0 Å². The van der Waals surface area contributed by atoms with E-state index >= 15 is 0 Å². The summed E-state index contributed by atoms with van der Waals surface area (Å²) in [6.07, 6.45) is 0. The molecule has 2 heteroatoms. The first-order valence-electron chi connectivity index (χ1n) is 6.22. The minimum absolute atomic E-state index is 0.566. The molecule has 0 aliphatic carbocycles. The number of aryl methyl sites for hydroxylation is 1. The Hall–Kier alpha value is -1.02. The van der Waals surface area contributed by atoms with Crippen molar-refractivity contribution < 1.29 is 4.74 Å². The van der Waals surface area contributed by atoms with Crippen LogP contribution in [-0.4, -0.2) is 25.1 Å². The first kappa shape index (κ1) is 14.0. The lowest BCUT2D eigenvalue weighted by Crippen LogP contribution is -2.26. The Kier molecular flexibility index (Phi) is 4.58. The molecule has 2 nitrogen and oxygen atoms in total. The van der Waals surface area contributed by atoms with Crippen LogP contribution in [0.15, 0.2) is 6.07 Å². The predicted molar refractivity (Wildman–Crippen MR) is 73.8 cm³/mol. The van der Waals surface area contributed by atoms with Gasteiger partial charge in [0.1, 0.15) is 5.75 Å². The van der Waals surface area contributed by atoms with Crippen LogP contribution in [-0.2, 0) is 6.54 Å². The van der Waals surface area contributed by atoms with Crippen molar-refractivity contribution in [2.45, 2.75) is 47.2 Å². The van der Waals surface area contributed by atoms with Crippen molar-refractivity contribution in [3.8, 4) is 5.75 Å². The highest BCUT2D eigenvalue weighted by atomic mass is 16.5. The molecule has 0 aliphatic rings. The quantitative estimate of drug-likeness (QED) is 0.792. The van der Waals surface area contributed by atoms with Crippen molar-refractivity contribution in [3.63, 3.8) is 0 Å². The normalized spacial score (nSPS) is 11.4. The van der Waals surface area contributed by atoms with Crippen LogP contribution in [0.25, 0.3) is 0 Å². The van der Waals surface area contributed by atoms with Gasteiger partial charge in [-0.05, 0) is 70.0 Å². The second kappa shape index (κ2) is 5.54. The molecule has 0 N–H and O–H groups in total. The van der Waals surface area contributed by atoms with Crippen LogP contribution in [0.4, 0.5) is 0 Å². The molecule has 0 fully saturated rings. The van der Waals surface area contributed by atoms with E-state index in [0.29, 0.717) is 6.04 Å². The van der Waals surface area contributed by atoms with Gasteiger partial charge in [0.05, 0.1) is 7.11 Å². The highest BCUT2D eigenvalue weighted by Gasteiger charge is 2.13. The van der Waals surface area contributed by atoms with Crippen LogP contribution in [0.3, 0.4) is 0 Å². The number of methoxy groups -OCH3 is 1. The van der Waals surface area contributed by atoms with Gasteiger partial charge in [0.15, 0.2) is 0 Å². The second-order valence-electron chi connectivity index (χ2n) is 5.13. The van der Waals surface area contributed by atoms with E-state index in [1.54, 1.807) is 7.11 Å². The van der Waals surface area contributed by atoms with Crippen molar-refractivity contribution in [2.24, 2.45) is 0 Å². The van der Waals surface area contributed by atoms with Gasteiger partial charge in [0.2, 0.25) is 0 Å². The summed E-state index contributed by atoms with van der Waals surface area (Å²) >= 11 is 0. The van der Waals surface area contributed by atoms with Gasteiger partial charge in [-0.3, -0.25) is 4.90 Å². The molecule has 0 radical (unpaired) electrons. The third kappa shape index (κ3) is 3.01. The Bertz CT molecular complexity index is 396. The van der Waals surface area contributed by atoms with Crippen LogP contribution in [0.1, 0.15) is 36.1 Å². The zero-order valence-electron chi connectivity index (χ0n) is 12.2. The zero-order chi connectivity index (χ0) is 13.2. The Balaban J connectivity index is 3.13. The third-order valence-electron chi connectivity index (χ3n) is 3.72. The monoisotopic (exact) mass is 235 g/mol. The van der Waals surface area contributed by atoms with Crippen LogP contribution in [0.2, 0.25) is 0 Å². The maximum Gasteiger partial charge on any atom is 0.122 e. The lowest BCUT2D eigenvalue weighted by atomic mass is 9.96. The average Bonchev–Trinajstić information content (AvgIpc) is 2.28. The molecule has 0 saturated carbocycles. The van der Waals surface area contributed by atoms with Crippen LogP contribution in [0, 0.1) is 20.8 Å². The minimum atomic E-state index is 0.566. The Morgan fingerprint density at radius 3 is 2.24 bits per heavy atom. The lowest BCUT2D eigenvalue weighted by molar-refractivity contribution is 0.264. The van der Waals surface area contributed by atoms with Crippen molar-refractivity contribution in [3.05, 3.63) is 28.3 Å². The van der Waals surface area contributed by atoms with Gasteiger partial charge >= 0.3 is 0 Å². The van der Waals surface area contributed by atoms with E-state index in [1.165, 1.54) is 22.3 Å². The fourth-order valence-corrected chi connectivity index (χ4v) is 1.99. The summed E-state index contributed by atoms with van der Waals surface area (Å²) in [5.41, 5.74) is 5.36. The van der Waals surface area contributed by atoms with E-state index in [9.17, 15) is 0 Å². The third-order valence-corrected chi connectivity index (χ3v) is 3.72. The Morgan fingerprint density at radius 2 is 1.76 bits per heavy atom. The highest BCUT2D eigenvalue weighted by Crippen LogP contribution is 2.28. The van der Waals surface area contributed by atoms with Gasteiger partial charge in [-0.15, -0.1) is 0 Å². The van der Waals surface area contributed by atoms with Crippen molar-refractivity contribution in [1.82, 2.24) is 4.90 Å². The fourth-order valence-electron chi connectivity index (χ4n) is 1.99. The van der Waals surface area contributed by atoms with Gasteiger partial charge in [0, 0.05) is 12.6 Å². The Labute approximate surface area is 106 Å². The summed E-state index contributed by atoms with van der Waals surface area (Å²) in [5, 5.41) is 0. The molecule has 17 heavy (non-hydrogen) atoms. The molecule has 1 aromatic carbocycles. The summed E-state index contributed by atoms with van der Waals surface area (Å²) in [7, 11) is 3.91. The molecular weight excluding hydrogens is 210 g/mol. The maximum absolute atomic E-state index is 5.40. The number of ether oxygens (including phenoxy) is 1. The predicted octanol–water partition coefficient (Wildman–Crippen LogP) is 3.46. The molecule has 0 saturated heterocycles. The van der Waals surface area contributed by atoms with Gasteiger partial charge < -0.3 is 4.74 Å². The Morgan fingerprint density at radius 1 is 1.18 bits per heavy atom. The van der Waals surface area contributed by atoms with Crippen LogP contribution < -0.4 is 4.74 Å². The fraction of sp³-hybridized carbons (Fsp3) is 0.600. The zero-order valence-corrected chi connectivity index (χ0v) is 12.2. The molecule has 0 atom stereocenters. The number of hydrogen-bond acceptors (Lipinski definition) is 2. The van der Waals surface area contributed by atoms with E-state index in [2.05, 4.69) is 52.6 Å². The van der Waals surface area contributed by atoms with Crippen LogP contribution in [0.5, 0.6) is 5.75 Å². The molecule has 0 aromatic heterocycles. The van der Waals surface area contributed by atoms with Crippen LogP contribution >= 0.6 is 0 Å². The van der Waals surface area contributed by atoms with Gasteiger partial charge in [-0.1, -0.05) is 0 Å². The largest absolute Gasteiger partial charge is 0.496 e. The molecule has 0 aliphatic heterocycles. The first-order valence-corrected chi connectivity index (χ1v) is 6.22. The standard InChI is InChI=1S/C15H25NO/c1-10(2)16(6)9-14-11(3)8-15(17-7)13(5)12(14)4/h8,10H,9H2,1-7H3. The highest BCUT2D eigenvalue weighted by molar-refractivity contribution is 5.48. The average molecular weight is 235 g/mol. The number of rotatable bonds is 4. The van der Waals surface area contributed by atoms with Gasteiger partial charge in [-0.2, -0.15) is 0 Å². The molecule has 1 rings (SSSR count). The smallest absolute Gasteiger partial charge is 0.122 e. The number of nitrogens with zero attached hydrogens (tertiary/aromatic N) is 1. The summed E-state index contributed by atoms with van der Waals surface area (Å²) in [6, 6.07) is 2.71. The molecular formula is C15H25NO. The van der Waals surface area contributed by atoms with E-state index in [-0.39, 0.29) is 0 Å². The van der Waals surface area contributed by atoms with Crippen molar-refractivity contribution in [2.75, 3.05) is 14.2 Å². The molecule has 96 valence electrons. The summed E-state index contributed by atoms with van der Waals surface area (Å²) in [5.74, 6) is 0.996. The van der Waals surface area contributed by atoms with Crippen molar-refractivity contribution in [1.29, 1.82) is 0 Å². The number of benzene rings is 1. The second-order valence-corrected chi connectivity index (χ2v) is 5.13. The molecule has 1 aromatic rings. The summed E-state index contributed by atoms with van der Waals surface area (Å²) in [6.45, 7) is 11.9. The molecule has 0 spiro atoms. The van der Waals surface area contributed by atoms with E-state index in [4.69, 9.17) is 4.74 Å². The minimum Gasteiger partial charge on any atom is -0.496 e. The molecule has 0 bridgehead atoms. The molecule has 0 heterocycles.